The summed E-state index contributed by atoms with van der Waals surface area (Å²) in [4.78, 5) is 20.2. The lowest BCUT2D eigenvalue weighted by atomic mass is 10.1. The van der Waals surface area contributed by atoms with Crippen LogP contribution in [0.5, 0.6) is 11.5 Å². The molecule has 2 aliphatic rings. The summed E-state index contributed by atoms with van der Waals surface area (Å²) in [6, 6.07) is 18.5. The van der Waals surface area contributed by atoms with E-state index in [0.717, 1.165) is 35.8 Å². The van der Waals surface area contributed by atoms with Crippen molar-refractivity contribution in [2.24, 2.45) is 17.8 Å². The quantitative estimate of drug-likeness (QED) is 0.231. The summed E-state index contributed by atoms with van der Waals surface area (Å²) in [6.45, 7) is 3.91. The van der Waals surface area contributed by atoms with Gasteiger partial charge >= 0.3 is 0 Å². The third kappa shape index (κ3) is 4.21. The predicted octanol–water partition coefficient (Wildman–Crippen LogP) is 5.20. The van der Waals surface area contributed by atoms with Gasteiger partial charge in [0.1, 0.15) is 29.2 Å². The first kappa shape index (κ1) is 22.0. The molecule has 1 aromatic heterocycles. The number of hydrogen-bond acceptors (Lipinski definition) is 7. The van der Waals surface area contributed by atoms with E-state index < -0.39 is 4.92 Å². The van der Waals surface area contributed by atoms with Crippen molar-refractivity contribution in [3.05, 3.63) is 88.2 Å². The lowest BCUT2D eigenvalue weighted by Gasteiger charge is -2.12. The van der Waals surface area contributed by atoms with Gasteiger partial charge in [0.2, 0.25) is 0 Å². The molecular weight excluding hydrogens is 454 g/mol. The van der Waals surface area contributed by atoms with Crippen molar-refractivity contribution in [3.63, 3.8) is 0 Å². The summed E-state index contributed by atoms with van der Waals surface area (Å²) < 4.78 is 5.96. The van der Waals surface area contributed by atoms with Crippen molar-refractivity contribution in [3.8, 4) is 23.3 Å². The first-order chi connectivity index (χ1) is 17.6. The van der Waals surface area contributed by atoms with Gasteiger partial charge in [-0.2, -0.15) is 0 Å². The number of anilines is 2. The molecule has 3 aromatic carbocycles. The zero-order chi connectivity index (χ0) is 24.6. The highest BCUT2D eigenvalue weighted by molar-refractivity contribution is 5.93. The molecule has 8 nitrogen and oxygen atoms in total. The van der Waals surface area contributed by atoms with E-state index in [-0.39, 0.29) is 5.69 Å². The molecule has 1 saturated carbocycles. The molecule has 0 unspecified atom stereocenters. The summed E-state index contributed by atoms with van der Waals surface area (Å²) in [5.41, 5.74) is 2.66. The van der Waals surface area contributed by atoms with Gasteiger partial charge in [0.15, 0.2) is 0 Å². The number of aromatic nitrogens is 2. The van der Waals surface area contributed by atoms with Crippen LogP contribution in [0.25, 0.3) is 10.9 Å². The fourth-order valence-corrected chi connectivity index (χ4v) is 4.83. The van der Waals surface area contributed by atoms with Crippen molar-refractivity contribution in [1.29, 1.82) is 0 Å². The fourth-order valence-electron chi connectivity index (χ4n) is 4.83. The topological polar surface area (TPSA) is 102 Å². The minimum absolute atomic E-state index is 0.0421. The van der Waals surface area contributed by atoms with Crippen LogP contribution < -0.4 is 15.4 Å². The lowest BCUT2D eigenvalue weighted by molar-refractivity contribution is -0.385. The minimum Gasteiger partial charge on any atom is -0.457 e. The second kappa shape index (κ2) is 8.95. The van der Waals surface area contributed by atoms with Crippen LogP contribution in [0, 0.1) is 46.6 Å². The number of nitro groups is 1. The molecule has 1 saturated heterocycles. The Bertz CT molecular complexity index is 1530. The van der Waals surface area contributed by atoms with Gasteiger partial charge < -0.3 is 15.4 Å². The van der Waals surface area contributed by atoms with Gasteiger partial charge in [-0.3, -0.25) is 10.1 Å². The lowest BCUT2D eigenvalue weighted by Crippen LogP contribution is -2.13. The number of nitro benzene ring substituents is 1. The SMILES string of the molecule is Cc1cc(Nc2ncnc3cc(C#C[C@H]4[C@H]5CNC[C@@H]45)c([N+](=O)[O-])cc23)ccc1Oc1ccccc1. The van der Waals surface area contributed by atoms with Gasteiger partial charge in [0.05, 0.1) is 10.4 Å². The molecule has 4 aromatic rings. The van der Waals surface area contributed by atoms with E-state index in [1.54, 1.807) is 6.07 Å². The Morgan fingerprint density at radius 2 is 1.89 bits per heavy atom. The highest BCUT2D eigenvalue weighted by Gasteiger charge is 2.51. The van der Waals surface area contributed by atoms with Crippen LogP contribution in [0.4, 0.5) is 17.2 Å². The summed E-state index contributed by atoms with van der Waals surface area (Å²) in [6.07, 6.45) is 1.45. The molecule has 2 fully saturated rings. The fraction of sp³-hybridized carbons (Fsp3) is 0.214. The normalized spacial score (nSPS) is 19.8. The first-order valence-electron chi connectivity index (χ1n) is 11.8. The molecule has 36 heavy (non-hydrogen) atoms. The molecule has 2 heterocycles. The molecule has 0 radical (unpaired) electrons. The third-order valence-corrected chi connectivity index (χ3v) is 6.82. The molecule has 2 N–H and O–H groups in total. The molecule has 0 spiro atoms. The summed E-state index contributed by atoms with van der Waals surface area (Å²) in [7, 11) is 0. The van der Waals surface area contributed by atoms with E-state index in [0.29, 0.717) is 40.0 Å². The molecule has 8 heteroatoms. The van der Waals surface area contributed by atoms with Crippen molar-refractivity contribution < 1.29 is 9.66 Å². The minimum atomic E-state index is -0.393. The highest BCUT2D eigenvalue weighted by atomic mass is 16.6. The van der Waals surface area contributed by atoms with E-state index in [4.69, 9.17) is 4.74 Å². The largest absolute Gasteiger partial charge is 0.457 e. The number of piperidine rings is 1. The van der Waals surface area contributed by atoms with Crippen molar-refractivity contribution >= 4 is 28.1 Å². The van der Waals surface area contributed by atoms with Gasteiger partial charge in [-0.25, -0.2) is 9.97 Å². The number of nitrogens with zero attached hydrogens (tertiary/aromatic N) is 3. The van der Waals surface area contributed by atoms with Crippen LogP contribution in [0.1, 0.15) is 11.1 Å². The van der Waals surface area contributed by atoms with Crippen molar-refractivity contribution in [2.45, 2.75) is 6.92 Å². The highest BCUT2D eigenvalue weighted by Crippen LogP contribution is 2.48. The number of para-hydroxylation sites is 1. The van der Waals surface area contributed by atoms with E-state index in [1.807, 2.05) is 55.5 Å². The maximum Gasteiger partial charge on any atom is 0.285 e. The average molecular weight is 478 g/mol. The maximum absolute atomic E-state index is 11.9. The van der Waals surface area contributed by atoms with Crippen LogP contribution in [0.3, 0.4) is 0 Å². The van der Waals surface area contributed by atoms with Crippen LogP contribution in [-0.4, -0.2) is 28.0 Å². The Labute approximate surface area is 207 Å². The molecular formula is C28H23N5O3. The van der Waals surface area contributed by atoms with Gasteiger partial charge in [-0.05, 0) is 73.8 Å². The van der Waals surface area contributed by atoms with Gasteiger partial charge in [0, 0.05) is 23.1 Å². The van der Waals surface area contributed by atoms with Gasteiger partial charge in [-0.15, -0.1) is 0 Å². The summed E-state index contributed by atoms with van der Waals surface area (Å²) >= 11 is 0. The van der Waals surface area contributed by atoms with E-state index in [2.05, 4.69) is 32.4 Å². The van der Waals surface area contributed by atoms with Gasteiger partial charge in [0.25, 0.3) is 5.69 Å². The number of fused-ring (bicyclic) bond motifs is 2. The Hall–Kier alpha value is -4.48. The van der Waals surface area contributed by atoms with E-state index in [9.17, 15) is 10.1 Å². The number of aryl methyl sites for hydroxylation is 1. The number of nitrogens with one attached hydrogen (secondary N) is 2. The number of rotatable bonds is 5. The molecule has 1 aliphatic carbocycles. The smallest absolute Gasteiger partial charge is 0.285 e. The summed E-state index contributed by atoms with van der Waals surface area (Å²) in [5.74, 6) is 9.78. The Morgan fingerprint density at radius 3 is 2.64 bits per heavy atom. The maximum atomic E-state index is 11.9. The van der Waals surface area contributed by atoms with Crippen LogP contribution >= 0.6 is 0 Å². The Morgan fingerprint density at radius 1 is 1.08 bits per heavy atom. The summed E-state index contributed by atoms with van der Waals surface area (Å²) in [5, 5.41) is 19.1. The van der Waals surface area contributed by atoms with E-state index in [1.165, 1.54) is 12.4 Å². The molecule has 0 amide bonds. The molecule has 178 valence electrons. The Kier molecular flexibility index (Phi) is 5.47. The molecule has 1 aliphatic heterocycles. The van der Waals surface area contributed by atoms with Crippen LogP contribution in [0.2, 0.25) is 0 Å². The van der Waals surface area contributed by atoms with Crippen molar-refractivity contribution in [2.75, 3.05) is 18.4 Å². The zero-order valence-electron chi connectivity index (χ0n) is 19.6. The Balaban J connectivity index is 1.29. The van der Waals surface area contributed by atoms with Crippen LogP contribution in [-0.2, 0) is 0 Å². The third-order valence-electron chi connectivity index (χ3n) is 6.82. The second-order valence-corrected chi connectivity index (χ2v) is 9.17. The standard InChI is InChI=1S/C28H23N5O3/c1-17-11-19(8-10-27(17)36-20-5-3-2-4-6-20)32-28-22-13-26(33(34)35)18(12-25(22)30-16-31-28)7-9-21-23-14-29-15-24(21)23/h2-6,8,10-13,16,21,23-24,29H,14-15H2,1H3,(H,30,31,32)/t21-,23+,24-. The molecule has 0 bridgehead atoms. The monoisotopic (exact) mass is 477 g/mol. The number of benzene rings is 3. The number of hydrogen-bond donors (Lipinski definition) is 2. The van der Waals surface area contributed by atoms with Crippen molar-refractivity contribution in [1.82, 2.24) is 15.3 Å². The average Bonchev–Trinajstić information content (AvgIpc) is 3.30. The van der Waals surface area contributed by atoms with Gasteiger partial charge in [-0.1, -0.05) is 30.0 Å². The molecule has 3 atom stereocenters. The first-order valence-corrected chi connectivity index (χ1v) is 11.8. The zero-order valence-corrected chi connectivity index (χ0v) is 19.6. The molecule has 6 rings (SSSR count). The van der Waals surface area contributed by atoms with E-state index >= 15 is 0 Å². The predicted molar refractivity (Wildman–Crippen MR) is 137 cm³/mol. The van der Waals surface area contributed by atoms with Crippen LogP contribution in [0.15, 0.2) is 67.0 Å². The number of ether oxygens (including phenoxy) is 1. The second-order valence-electron chi connectivity index (χ2n) is 9.17.